The molecule has 3 amide bonds. The van der Waals surface area contributed by atoms with Crippen molar-refractivity contribution >= 4 is 40.0 Å². The topological polar surface area (TPSA) is 128 Å². The lowest BCUT2D eigenvalue weighted by atomic mass is 9.89. The molecule has 0 radical (unpaired) electrons. The number of carbonyl (C=O) groups excluding carboxylic acids is 4. The van der Waals surface area contributed by atoms with Crippen LogP contribution in [0.5, 0.6) is 0 Å². The maximum absolute atomic E-state index is 12.2. The van der Waals surface area contributed by atoms with Crippen molar-refractivity contribution in [1.29, 1.82) is 0 Å². The number of anilines is 1. The Labute approximate surface area is 173 Å². The molecule has 1 saturated carbocycles. The normalized spacial score (nSPS) is 16.6. The van der Waals surface area contributed by atoms with Crippen LogP contribution in [-0.2, 0) is 32.0 Å². The molecule has 0 saturated heterocycles. The van der Waals surface area contributed by atoms with E-state index in [4.69, 9.17) is 10.5 Å². The van der Waals surface area contributed by atoms with Gasteiger partial charge in [0.25, 0.3) is 11.8 Å². The van der Waals surface area contributed by atoms with Gasteiger partial charge in [-0.2, -0.15) is 0 Å². The van der Waals surface area contributed by atoms with Gasteiger partial charge in [0, 0.05) is 10.8 Å². The average molecular weight is 422 g/mol. The van der Waals surface area contributed by atoms with Crippen LogP contribution in [0.25, 0.3) is 0 Å². The van der Waals surface area contributed by atoms with E-state index in [1.807, 2.05) is 0 Å². The number of aryl methyl sites for hydroxylation is 1. The van der Waals surface area contributed by atoms with Gasteiger partial charge in [0.1, 0.15) is 11.5 Å². The van der Waals surface area contributed by atoms with Crippen LogP contribution < -0.4 is 16.4 Å². The first kappa shape index (κ1) is 21.3. The van der Waals surface area contributed by atoms with Crippen molar-refractivity contribution in [3.63, 3.8) is 0 Å². The van der Waals surface area contributed by atoms with Crippen LogP contribution >= 0.6 is 11.3 Å². The number of nitrogens with two attached hydrogens (primary N) is 1. The van der Waals surface area contributed by atoms with Gasteiger partial charge in [-0.3, -0.25) is 19.2 Å². The number of ether oxygens (including phenoxy) is 1. The smallest absolute Gasteiger partial charge is 0.325 e. The van der Waals surface area contributed by atoms with Crippen LogP contribution in [-0.4, -0.2) is 36.8 Å². The van der Waals surface area contributed by atoms with E-state index in [0.717, 1.165) is 68.2 Å². The molecular formula is C20H27N3O5S. The number of fused-ring (bicyclic) bond motifs is 1. The highest BCUT2D eigenvalue weighted by Gasteiger charge is 2.25. The van der Waals surface area contributed by atoms with Gasteiger partial charge in [0.05, 0.1) is 5.56 Å². The van der Waals surface area contributed by atoms with E-state index in [0.29, 0.717) is 10.6 Å². The summed E-state index contributed by atoms with van der Waals surface area (Å²) in [5, 5.41) is 5.63. The fourth-order valence-electron chi connectivity index (χ4n) is 3.94. The van der Waals surface area contributed by atoms with Gasteiger partial charge in [0.2, 0.25) is 5.91 Å². The highest BCUT2D eigenvalue weighted by molar-refractivity contribution is 7.17. The number of esters is 1. The highest BCUT2D eigenvalue weighted by atomic mass is 32.1. The number of hydrogen-bond donors (Lipinski definition) is 3. The second-order valence-electron chi connectivity index (χ2n) is 7.54. The van der Waals surface area contributed by atoms with Crippen molar-refractivity contribution in [2.45, 2.75) is 57.8 Å². The number of nitrogens with one attached hydrogen (secondary N) is 2. The lowest BCUT2D eigenvalue weighted by Crippen LogP contribution is -2.36. The third kappa shape index (κ3) is 5.56. The van der Waals surface area contributed by atoms with Gasteiger partial charge in [-0.25, -0.2) is 0 Å². The molecule has 9 heteroatoms. The summed E-state index contributed by atoms with van der Waals surface area (Å²) in [7, 11) is 0. The number of carbonyl (C=O) groups is 4. The molecule has 2 aliphatic rings. The molecule has 0 aromatic carbocycles. The van der Waals surface area contributed by atoms with Crippen LogP contribution in [0.3, 0.4) is 0 Å². The van der Waals surface area contributed by atoms with Crippen LogP contribution in [0.1, 0.15) is 65.7 Å². The Morgan fingerprint density at radius 1 is 1.03 bits per heavy atom. The highest BCUT2D eigenvalue weighted by Crippen LogP contribution is 2.37. The fraction of sp³-hybridized carbons (Fsp3) is 0.600. The first-order chi connectivity index (χ1) is 14.0. The van der Waals surface area contributed by atoms with E-state index < -0.39 is 24.4 Å². The standard InChI is InChI=1S/C20H27N3O5S/c21-18(26)17-13-8-4-5-9-14(13)29-20(17)23-15(24)11-28-16(25)10-22-19(27)12-6-2-1-3-7-12/h12H,1-11H2,(H2,21,26)(H,22,27)(H,23,24). The van der Waals surface area contributed by atoms with Crippen molar-refractivity contribution in [3.05, 3.63) is 16.0 Å². The Balaban J connectivity index is 1.46. The second kappa shape index (κ2) is 9.87. The summed E-state index contributed by atoms with van der Waals surface area (Å²) in [5.41, 5.74) is 6.79. The van der Waals surface area contributed by atoms with Gasteiger partial charge in [0.15, 0.2) is 6.61 Å². The lowest BCUT2D eigenvalue weighted by molar-refractivity contribution is -0.147. The maximum Gasteiger partial charge on any atom is 0.325 e. The predicted octanol–water partition coefficient (Wildman–Crippen LogP) is 1.90. The summed E-state index contributed by atoms with van der Waals surface area (Å²) in [4.78, 5) is 48.9. The fourth-order valence-corrected chi connectivity index (χ4v) is 5.25. The van der Waals surface area contributed by atoms with Crippen LogP contribution in [0.15, 0.2) is 0 Å². The Kier molecular flexibility index (Phi) is 7.24. The quantitative estimate of drug-likeness (QED) is 0.580. The van der Waals surface area contributed by atoms with Crippen molar-refractivity contribution in [1.82, 2.24) is 5.32 Å². The van der Waals surface area contributed by atoms with E-state index in [1.54, 1.807) is 0 Å². The largest absolute Gasteiger partial charge is 0.454 e. The summed E-state index contributed by atoms with van der Waals surface area (Å²) < 4.78 is 4.94. The van der Waals surface area contributed by atoms with Gasteiger partial charge < -0.3 is 21.1 Å². The van der Waals surface area contributed by atoms with Gasteiger partial charge in [-0.1, -0.05) is 19.3 Å². The van der Waals surface area contributed by atoms with Crippen LogP contribution in [0.2, 0.25) is 0 Å². The molecule has 1 aromatic rings. The number of hydrogen-bond acceptors (Lipinski definition) is 6. The molecule has 1 heterocycles. The minimum absolute atomic E-state index is 0.0445. The minimum atomic E-state index is -0.676. The third-order valence-electron chi connectivity index (χ3n) is 5.42. The molecule has 1 aromatic heterocycles. The van der Waals surface area contributed by atoms with Crippen LogP contribution in [0, 0.1) is 5.92 Å². The molecule has 0 aliphatic heterocycles. The molecular weight excluding hydrogens is 394 g/mol. The Morgan fingerprint density at radius 2 is 1.76 bits per heavy atom. The van der Waals surface area contributed by atoms with Crippen molar-refractivity contribution in [2.75, 3.05) is 18.5 Å². The molecule has 0 bridgehead atoms. The van der Waals surface area contributed by atoms with Gasteiger partial charge in [-0.05, 0) is 44.1 Å². The van der Waals surface area contributed by atoms with Gasteiger partial charge >= 0.3 is 5.97 Å². The number of primary amides is 1. The second-order valence-corrected chi connectivity index (χ2v) is 8.65. The molecule has 2 aliphatic carbocycles. The summed E-state index contributed by atoms with van der Waals surface area (Å²) in [6.45, 7) is -0.749. The minimum Gasteiger partial charge on any atom is -0.454 e. The zero-order valence-electron chi connectivity index (χ0n) is 16.4. The Hall–Kier alpha value is -2.42. The first-order valence-corrected chi connectivity index (χ1v) is 10.9. The Bertz CT molecular complexity index is 798. The molecule has 3 rings (SSSR count). The molecule has 0 spiro atoms. The molecule has 1 fully saturated rings. The van der Waals surface area contributed by atoms with Crippen molar-refractivity contribution in [3.8, 4) is 0 Å². The van der Waals surface area contributed by atoms with Crippen molar-refractivity contribution in [2.24, 2.45) is 11.7 Å². The molecule has 158 valence electrons. The van der Waals surface area contributed by atoms with Crippen LogP contribution in [0.4, 0.5) is 5.00 Å². The number of rotatable bonds is 7. The molecule has 4 N–H and O–H groups in total. The summed E-state index contributed by atoms with van der Waals surface area (Å²) in [5.74, 6) is -1.97. The Morgan fingerprint density at radius 3 is 2.48 bits per heavy atom. The first-order valence-electron chi connectivity index (χ1n) is 10.1. The molecule has 0 unspecified atom stereocenters. The zero-order valence-corrected chi connectivity index (χ0v) is 17.2. The zero-order chi connectivity index (χ0) is 20.8. The maximum atomic E-state index is 12.2. The van der Waals surface area contributed by atoms with E-state index in [9.17, 15) is 19.2 Å². The summed E-state index contributed by atoms with van der Waals surface area (Å²) >= 11 is 1.35. The van der Waals surface area contributed by atoms with E-state index in [-0.39, 0.29) is 18.4 Å². The SMILES string of the molecule is NC(=O)c1c(NC(=O)COC(=O)CNC(=O)C2CCCCC2)sc2c1CCCC2. The summed E-state index contributed by atoms with van der Waals surface area (Å²) in [6, 6.07) is 0. The van der Waals surface area contributed by atoms with Crippen molar-refractivity contribution < 1.29 is 23.9 Å². The molecule has 29 heavy (non-hydrogen) atoms. The van der Waals surface area contributed by atoms with E-state index >= 15 is 0 Å². The lowest BCUT2D eigenvalue weighted by Gasteiger charge is -2.20. The predicted molar refractivity (Wildman–Crippen MR) is 109 cm³/mol. The monoisotopic (exact) mass is 421 g/mol. The van der Waals surface area contributed by atoms with E-state index in [2.05, 4.69) is 10.6 Å². The molecule has 0 atom stereocenters. The number of thiophene rings is 1. The third-order valence-corrected chi connectivity index (χ3v) is 6.63. The average Bonchev–Trinajstić information content (AvgIpc) is 3.09. The van der Waals surface area contributed by atoms with E-state index in [1.165, 1.54) is 11.3 Å². The summed E-state index contributed by atoms with van der Waals surface area (Å²) in [6.07, 6.45) is 8.56. The number of amides is 3. The van der Waals surface area contributed by atoms with Gasteiger partial charge in [-0.15, -0.1) is 11.3 Å². The molecule has 8 nitrogen and oxygen atoms in total.